The van der Waals surface area contributed by atoms with Crippen molar-refractivity contribution >= 4 is 18.4 Å². The molecule has 2 rings (SSSR count). The first kappa shape index (κ1) is 19.3. The van der Waals surface area contributed by atoms with Gasteiger partial charge in [-0.3, -0.25) is 4.79 Å². The van der Waals surface area contributed by atoms with Crippen LogP contribution in [0.25, 0.3) is 0 Å². The van der Waals surface area contributed by atoms with Gasteiger partial charge in [0, 0.05) is 12.5 Å². The third-order valence-electron chi connectivity index (χ3n) is 3.70. The smallest absolute Gasteiger partial charge is 0.306 e. The van der Waals surface area contributed by atoms with E-state index in [0.29, 0.717) is 43.4 Å². The lowest BCUT2D eigenvalue weighted by atomic mass is 10.1. The van der Waals surface area contributed by atoms with Gasteiger partial charge >= 0.3 is 5.97 Å². The van der Waals surface area contributed by atoms with Crippen molar-refractivity contribution in [3.8, 4) is 11.8 Å². The van der Waals surface area contributed by atoms with Gasteiger partial charge in [0.05, 0.1) is 18.2 Å². The van der Waals surface area contributed by atoms with Gasteiger partial charge in [-0.05, 0) is 50.4 Å². The highest BCUT2D eigenvalue weighted by atomic mass is 35.5. The number of carbonyl (C=O) groups excluding carboxylic acids is 1. The molecule has 1 heterocycles. The summed E-state index contributed by atoms with van der Waals surface area (Å²) in [6, 6.07) is 7.84. The molecule has 1 aromatic rings. The molecule has 1 N–H and O–H groups in total. The minimum atomic E-state index is -0.213. The van der Waals surface area contributed by atoms with E-state index < -0.39 is 0 Å². The van der Waals surface area contributed by atoms with Gasteiger partial charge in [0.25, 0.3) is 0 Å². The zero-order valence-electron chi connectivity index (χ0n) is 13.3. The number of nitrogens with zero attached hydrogens (tertiary/aromatic N) is 1. The highest BCUT2D eigenvalue weighted by molar-refractivity contribution is 5.85. The Morgan fingerprint density at radius 1 is 1.48 bits per heavy atom. The number of esters is 1. The molecule has 6 heteroatoms. The van der Waals surface area contributed by atoms with Crippen LogP contribution in [0.15, 0.2) is 18.2 Å². The summed E-state index contributed by atoms with van der Waals surface area (Å²) >= 11 is 0. The summed E-state index contributed by atoms with van der Waals surface area (Å²) in [6.45, 7) is 3.80. The standard InChI is InChI=1S/C17H22N2O3.ClH/c1-2-21-17(20)8-7-14-6-5-13(11-18)10-16(14)22-12-15-4-3-9-19-15;/h5-6,10,15,19H,2-4,7-9,12H2,1H3;1H/t15-;/m1./s1. The fraction of sp³-hybridized carbons (Fsp3) is 0.529. The SMILES string of the molecule is CCOC(=O)CCc1ccc(C#N)cc1OC[C@H]1CCCN1.Cl. The molecule has 1 atom stereocenters. The maximum absolute atomic E-state index is 11.5. The van der Waals surface area contributed by atoms with Crippen LogP contribution in [0.2, 0.25) is 0 Å². The zero-order chi connectivity index (χ0) is 15.8. The van der Waals surface area contributed by atoms with Crippen LogP contribution in [-0.2, 0) is 16.0 Å². The van der Waals surface area contributed by atoms with E-state index in [4.69, 9.17) is 14.7 Å². The van der Waals surface area contributed by atoms with Crippen molar-refractivity contribution in [2.45, 2.75) is 38.6 Å². The van der Waals surface area contributed by atoms with E-state index in [2.05, 4.69) is 11.4 Å². The molecule has 126 valence electrons. The molecule has 1 fully saturated rings. The van der Waals surface area contributed by atoms with Crippen LogP contribution in [0.5, 0.6) is 5.75 Å². The highest BCUT2D eigenvalue weighted by Crippen LogP contribution is 2.23. The van der Waals surface area contributed by atoms with Crippen molar-refractivity contribution in [2.75, 3.05) is 19.8 Å². The van der Waals surface area contributed by atoms with Crippen LogP contribution in [0.3, 0.4) is 0 Å². The van der Waals surface area contributed by atoms with Crippen molar-refractivity contribution < 1.29 is 14.3 Å². The Morgan fingerprint density at radius 3 is 2.96 bits per heavy atom. The van der Waals surface area contributed by atoms with Crippen LogP contribution in [0, 0.1) is 11.3 Å². The first-order chi connectivity index (χ1) is 10.7. The monoisotopic (exact) mass is 338 g/mol. The number of halogens is 1. The molecule has 23 heavy (non-hydrogen) atoms. The molecule has 1 aliphatic heterocycles. The molecule has 1 aromatic carbocycles. The Morgan fingerprint density at radius 2 is 2.30 bits per heavy atom. The van der Waals surface area contributed by atoms with Gasteiger partial charge in [0.15, 0.2) is 0 Å². The number of nitriles is 1. The van der Waals surface area contributed by atoms with Gasteiger partial charge < -0.3 is 14.8 Å². The summed E-state index contributed by atoms with van der Waals surface area (Å²) in [5.74, 6) is 0.479. The van der Waals surface area contributed by atoms with E-state index in [1.807, 2.05) is 6.07 Å². The number of nitrogens with one attached hydrogen (secondary N) is 1. The van der Waals surface area contributed by atoms with Gasteiger partial charge in [-0.2, -0.15) is 5.26 Å². The molecular formula is C17H23ClN2O3. The minimum absolute atomic E-state index is 0. The summed E-state index contributed by atoms with van der Waals surface area (Å²) in [5, 5.41) is 12.4. The molecule has 0 saturated carbocycles. The molecule has 5 nitrogen and oxygen atoms in total. The fourth-order valence-corrected chi connectivity index (χ4v) is 2.52. The van der Waals surface area contributed by atoms with Crippen molar-refractivity contribution in [1.82, 2.24) is 5.32 Å². The van der Waals surface area contributed by atoms with Crippen molar-refractivity contribution in [3.63, 3.8) is 0 Å². The van der Waals surface area contributed by atoms with E-state index in [-0.39, 0.29) is 18.4 Å². The van der Waals surface area contributed by atoms with Crippen LogP contribution in [-0.4, -0.2) is 31.8 Å². The number of rotatable bonds is 7. The topological polar surface area (TPSA) is 71.4 Å². The fourth-order valence-electron chi connectivity index (χ4n) is 2.52. The predicted octanol–water partition coefficient (Wildman–Crippen LogP) is 2.61. The lowest BCUT2D eigenvalue weighted by molar-refractivity contribution is -0.143. The zero-order valence-corrected chi connectivity index (χ0v) is 14.2. The number of aryl methyl sites for hydroxylation is 1. The van der Waals surface area contributed by atoms with Gasteiger partial charge in [-0.15, -0.1) is 12.4 Å². The third-order valence-corrected chi connectivity index (χ3v) is 3.70. The van der Waals surface area contributed by atoms with Crippen LogP contribution >= 0.6 is 12.4 Å². The second-order valence-corrected chi connectivity index (χ2v) is 5.34. The summed E-state index contributed by atoms with van der Waals surface area (Å²) in [4.78, 5) is 11.5. The van der Waals surface area contributed by atoms with E-state index in [9.17, 15) is 4.79 Å². The summed E-state index contributed by atoms with van der Waals surface area (Å²) in [5.41, 5.74) is 1.50. The molecular weight excluding hydrogens is 316 g/mol. The van der Waals surface area contributed by atoms with Crippen molar-refractivity contribution in [1.29, 1.82) is 5.26 Å². The quantitative estimate of drug-likeness (QED) is 0.774. The molecule has 0 unspecified atom stereocenters. The minimum Gasteiger partial charge on any atom is -0.492 e. The molecule has 1 aliphatic rings. The first-order valence-electron chi connectivity index (χ1n) is 7.77. The Balaban J connectivity index is 0.00000264. The van der Waals surface area contributed by atoms with Crippen LogP contribution < -0.4 is 10.1 Å². The molecule has 0 bridgehead atoms. The maximum atomic E-state index is 11.5. The van der Waals surface area contributed by atoms with Crippen molar-refractivity contribution in [3.05, 3.63) is 29.3 Å². The second kappa shape index (κ2) is 10.1. The molecule has 0 amide bonds. The van der Waals surface area contributed by atoms with E-state index in [1.54, 1.807) is 19.1 Å². The predicted molar refractivity (Wildman–Crippen MR) is 89.9 cm³/mol. The number of hydrogen-bond donors (Lipinski definition) is 1. The number of hydrogen-bond acceptors (Lipinski definition) is 5. The average Bonchev–Trinajstić information content (AvgIpc) is 3.05. The average molecular weight is 339 g/mol. The van der Waals surface area contributed by atoms with Gasteiger partial charge in [0.2, 0.25) is 0 Å². The Bertz CT molecular complexity index is 551. The molecule has 1 saturated heterocycles. The second-order valence-electron chi connectivity index (χ2n) is 5.34. The lowest BCUT2D eigenvalue weighted by Gasteiger charge is -2.15. The van der Waals surface area contributed by atoms with Crippen LogP contribution in [0.1, 0.15) is 37.3 Å². The Labute approximate surface area is 143 Å². The van der Waals surface area contributed by atoms with Gasteiger partial charge in [-0.1, -0.05) is 6.07 Å². The maximum Gasteiger partial charge on any atom is 0.306 e. The van der Waals surface area contributed by atoms with E-state index in [0.717, 1.165) is 18.5 Å². The highest BCUT2D eigenvalue weighted by Gasteiger charge is 2.16. The molecule has 0 radical (unpaired) electrons. The van der Waals surface area contributed by atoms with Gasteiger partial charge in [0.1, 0.15) is 12.4 Å². The number of benzene rings is 1. The van der Waals surface area contributed by atoms with Crippen LogP contribution in [0.4, 0.5) is 0 Å². The Kier molecular flexibility index (Phi) is 8.46. The summed E-state index contributed by atoms with van der Waals surface area (Å²) in [6.07, 6.45) is 3.15. The molecule has 0 aromatic heterocycles. The summed E-state index contributed by atoms with van der Waals surface area (Å²) in [7, 11) is 0. The lowest BCUT2D eigenvalue weighted by Crippen LogP contribution is -2.28. The summed E-state index contributed by atoms with van der Waals surface area (Å²) < 4.78 is 10.8. The van der Waals surface area contributed by atoms with Gasteiger partial charge in [-0.25, -0.2) is 0 Å². The molecule has 0 aliphatic carbocycles. The normalized spacial score (nSPS) is 16.3. The third kappa shape index (κ3) is 6.09. The Hall–Kier alpha value is -1.77. The number of ether oxygens (including phenoxy) is 2. The van der Waals surface area contributed by atoms with E-state index in [1.165, 1.54) is 6.42 Å². The first-order valence-corrected chi connectivity index (χ1v) is 7.77. The van der Waals surface area contributed by atoms with Crippen molar-refractivity contribution in [2.24, 2.45) is 0 Å². The molecule has 0 spiro atoms. The largest absolute Gasteiger partial charge is 0.492 e. The number of carbonyl (C=O) groups is 1. The van der Waals surface area contributed by atoms with E-state index >= 15 is 0 Å².